The van der Waals surface area contributed by atoms with Crippen LogP contribution in [0.3, 0.4) is 0 Å². The quantitative estimate of drug-likeness (QED) is 0.277. The van der Waals surface area contributed by atoms with Crippen LogP contribution in [0.15, 0.2) is 66.0 Å². The zero-order valence-corrected chi connectivity index (χ0v) is 19.9. The van der Waals surface area contributed by atoms with E-state index in [0.717, 1.165) is 33.4 Å². The van der Waals surface area contributed by atoms with Gasteiger partial charge in [0, 0.05) is 0 Å². The van der Waals surface area contributed by atoms with Crippen LogP contribution in [0.25, 0.3) is 22.3 Å². The van der Waals surface area contributed by atoms with Crippen molar-refractivity contribution >= 4 is 31.8 Å². The molecule has 0 radical (unpaired) electrons. The molecule has 0 saturated carbocycles. The van der Waals surface area contributed by atoms with Crippen LogP contribution in [0, 0.1) is 6.07 Å². The molecular weight excluding hydrogens is 502 g/mol. The van der Waals surface area contributed by atoms with E-state index in [1.165, 1.54) is 33.4 Å². The molecule has 26 heavy (non-hydrogen) atoms. The summed E-state index contributed by atoms with van der Waals surface area (Å²) in [5.41, 5.74) is 7.95. The van der Waals surface area contributed by atoms with Gasteiger partial charge in [0.25, 0.3) is 0 Å². The van der Waals surface area contributed by atoms with Crippen LogP contribution >= 0.6 is 31.8 Å². The zero-order chi connectivity index (χ0) is 16.9. The van der Waals surface area contributed by atoms with Crippen LogP contribution in [0.2, 0.25) is 4.34 Å². The maximum atomic E-state index is 5.83. The Morgan fingerprint density at radius 3 is 2.38 bits per heavy atom. The van der Waals surface area contributed by atoms with Crippen molar-refractivity contribution in [2.24, 2.45) is 0 Å². The first-order chi connectivity index (χ1) is 11.8. The molecule has 0 spiro atoms. The number of fused-ring (bicyclic) bond motifs is 4. The van der Waals surface area contributed by atoms with Gasteiger partial charge in [-0.2, -0.15) is 29.8 Å². The van der Waals surface area contributed by atoms with Gasteiger partial charge in [-0.05, 0) is 10.8 Å². The van der Waals surface area contributed by atoms with Crippen molar-refractivity contribution in [3.8, 4) is 22.3 Å². The molecule has 0 unspecified atom stereocenters. The maximum absolute atomic E-state index is 5.83. The predicted octanol–water partition coefficient (Wildman–Crippen LogP) is 0.937. The molecule has 2 aromatic carbocycles. The fourth-order valence-electron chi connectivity index (χ4n) is 2.89. The van der Waals surface area contributed by atoms with Gasteiger partial charge in [0.05, 0.1) is 0 Å². The summed E-state index contributed by atoms with van der Waals surface area (Å²) in [6.45, 7) is 0. The SMILES string of the molecule is Clc1s[cH-]c2cccc1-2.[Cl-].[Cl-].[S]=[Zr+2].[c-]1cccc2c1Cc1ccccc1-2. The van der Waals surface area contributed by atoms with Gasteiger partial charge in [-0.15, -0.1) is 46.5 Å². The van der Waals surface area contributed by atoms with Crippen LogP contribution in [-0.2, 0) is 29.1 Å². The second-order valence-corrected chi connectivity index (χ2v) is 6.78. The average Bonchev–Trinajstić information content (AvgIpc) is 3.33. The van der Waals surface area contributed by atoms with Gasteiger partial charge < -0.3 is 24.8 Å². The van der Waals surface area contributed by atoms with Gasteiger partial charge in [-0.1, -0.05) is 40.8 Å². The van der Waals surface area contributed by atoms with Crippen LogP contribution < -0.4 is 24.8 Å². The number of rotatable bonds is 0. The van der Waals surface area contributed by atoms with Crippen LogP contribution in [0.1, 0.15) is 11.1 Å². The summed E-state index contributed by atoms with van der Waals surface area (Å²) in [5.74, 6) is 0. The molecule has 5 rings (SSSR count). The minimum absolute atomic E-state index is 0. The third kappa shape index (κ3) is 5.16. The van der Waals surface area contributed by atoms with E-state index in [2.05, 4.69) is 62.8 Å². The summed E-state index contributed by atoms with van der Waals surface area (Å²) in [4.78, 5) is 0. The van der Waals surface area contributed by atoms with E-state index in [4.69, 9.17) is 11.6 Å². The minimum Gasteiger partial charge on any atom is -0.179 e. The van der Waals surface area contributed by atoms with Gasteiger partial charge in [0.1, 0.15) is 0 Å². The maximum Gasteiger partial charge on any atom is -0.0253 e. The van der Waals surface area contributed by atoms with Crippen molar-refractivity contribution in [1.82, 2.24) is 0 Å². The number of hydrogen-bond acceptors (Lipinski definition) is 2. The van der Waals surface area contributed by atoms with Crippen molar-refractivity contribution in [2.45, 2.75) is 6.42 Å². The molecule has 0 nitrogen and oxygen atoms in total. The largest absolute Gasteiger partial charge is 0.179 e. The standard InChI is InChI=1S/C13H9.C7H4ClS.2ClH.S.Zr/c1-3-7-12-10(5-1)9-11-6-2-4-8-13(11)12;8-7-6-3-1-2-5(6)4-9-7;;;;/h1-5,7-8H,9H2;1-4H;2*1H;;/q2*-1;;;;+2/p-2. The zero-order valence-electron chi connectivity index (χ0n) is 13.5. The Kier molecular flexibility index (Phi) is 10.5. The fraction of sp³-hybridized carbons (Fsp3) is 0.0500. The number of halogens is 3. The van der Waals surface area contributed by atoms with Gasteiger partial charge in [0.2, 0.25) is 0 Å². The first-order valence-electron chi connectivity index (χ1n) is 7.39. The molecule has 6 heteroatoms. The Hall–Kier alpha value is -0.277. The number of benzene rings is 2. The summed E-state index contributed by atoms with van der Waals surface area (Å²) in [5, 5.41) is 2.07. The monoisotopic (exact) mass is 512 g/mol. The first-order valence-corrected chi connectivity index (χ1v) is 12.1. The summed E-state index contributed by atoms with van der Waals surface area (Å²) in [7, 11) is 4.17. The van der Waals surface area contributed by atoms with E-state index >= 15 is 0 Å². The van der Waals surface area contributed by atoms with Crippen molar-refractivity contribution in [3.05, 3.63) is 87.6 Å². The molecule has 0 amide bonds. The summed E-state index contributed by atoms with van der Waals surface area (Å²) < 4.78 is 0.898. The van der Waals surface area contributed by atoms with E-state index < -0.39 is 0 Å². The molecule has 2 aliphatic carbocycles. The topological polar surface area (TPSA) is 0 Å². The molecule has 0 aromatic heterocycles. The molecule has 0 fully saturated rings. The van der Waals surface area contributed by atoms with Crippen molar-refractivity contribution in [2.75, 3.05) is 0 Å². The van der Waals surface area contributed by atoms with Crippen molar-refractivity contribution in [1.29, 1.82) is 0 Å². The smallest absolute Gasteiger partial charge is 0.0253 e. The molecule has 0 saturated heterocycles. The van der Waals surface area contributed by atoms with Crippen molar-refractivity contribution < 1.29 is 47.5 Å². The van der Waals surface area contributed by atoms with E-state index in [-0.39, 0.29) is 24.8 Å². The molecular formula is C20H13Cl3S2Zr-2. The van der Waals surface area contributed by atoms with E-state index in [9.17, 15) is 0 Å². The Morgan fingerprint density at radius 1 is 0.923 bits per heavy atom. The second kappa shape index (κ2) is 11.5. The average molecular weight is 515 g/mol. The van der Waals surface area contributed by atoms with Crippen molar-refractivity contribution in [3.63, 3.8) is 0 Å². The fourth-order valence-corrected chi connectivity index (χ4v) is 3.95. The Morgan fingerprint density at radius 2 is 1.62 bits per heavy atom. The number of hydrogen-bond donors (Lipinski definition) is 0. The van der Waals surface area contributed by atoms with Gasteiger partial charge in [-0.25, -0.2) is 11.3 Å². The Labute approximate surface area is 193 Å². The Balaban J connectivity index is 0.000000232. The van der Waals surface area contributed by atoms with E-state index in [1.54, 1.807) is 11.3 Å². The van der Waals surface area contributed by atoms with Gasteiger partial charge >= 0.3 is 31.5 Å². The molecule has 132 valence electrons. The van der Waals surface area contributed by atoms with Gasteiger partial charge in [-0.3, -0.25) is 0 Å². The predicted molar refractivity (Wildman–Crippen MR) is 103 cm³/mol. The minimum atomic E-state index is 0. The summed E-state index contributed by atoms with van der Waals surface area (Å²) >= 11 is 8.56. The third-order valence-corrected chi connectivity index (χ3v) is 5.24. The van der Waals surface area contributed by atoms with Crippen LogP contribution in [0.5, 0.6) is 0 Å². The van der Waals surface area contributed by atoms with Crippen LogP contribution in [-0.4, -0.2) is 0 Å². The normalized spacial score (nSPS) is 10.1. The molecule has 3 aliphatic rings. The summed E-state index contributed by atoms with van der Waals surface area (Å²) in [6, 6.07) is 24.2. The third-order valence-electron chi connectivity index (χ3n) is 3.97. The Bertz CT molecular complexity index is 873. The molecule has 1 aliphatic heterocycles. The molecule has 0 atom stereocenters. The molecule has 0 N–H and O–H groups in total. The molecule has 1 heterocycles. The van der Waals surface area contributed by atoms with E-state index in [0.29, 0.717) is 0 Å². The molecule has 0 bridgehead atoms. The molecule has 2 aromatic rings. The second-order valence-electron chi connectivity index (χ2n) is 5.30. The first kappa shape index (κ1) is 23.8. The summed E-state index contributed by atoms with van der Waals surface area (Å²) in [6.07, 6.45) is 1.05. The van der Waals surface area contributed by atoms with Gasteiger partial charge in [0.15, 0.2) is 0 Å². The van der Waals surface area contributed by atoms with Crippen LogP contribution in [0.4, 0.5) is 0 Å². The number of thiophene rings is 1. The van der Waals surface area contributed by atoms with E-state index in [1.807, 2.05) is 18.2 Å².